The topological polar surface area (TPSA) is 125 Å². The van der Waals surface area contributed by atoms with E-state index in [1.807, 2.05) is 0 Å². The third-order valence-electron chi connectivity index (χ3n) is 6.79. The molecule has 1 fully saturated rings. The van der Waals surface area contributed by atoms with Gasteiger partial charge in [0.25, 0.3) is 0 Å². The lowest BCUT2D eigenvalue weighted by Crippen LogP contribution is -2.39. The molecule has 0 bridgehead atoms. The maximum Gasteiger partial charge on any atom is 0.332 e. The molecule has 0 spiro atoms. The predicted octanol–water partition coefficient (Wildman–Crippen LogP) is 4.98. The Labute approximate surface area is 250 Å². The number of benzene rings is 3. The van der Waals surface area contributed by atoms with E-state index < -0.39 is 23.7 Å². The van der Waals surface area contributed by atoms with Crippen molar-refractivity contribution in [2.45, 2.75) is 0 Å². The minimum absolute atomic E-state index is 0.0753. The van der Waals surface area contributed by atoms with Gasteiger partial charge in [-0.2, -0.15) is 0 Å². The van der Waals surface area contributed by atoms with Crippen molar-refractivity contribution in [3.05, 3.63) is 72.6 Å². The van der Waals surface area contributed by atoms with Crippen molar-refractivity contribution >= 4 is 34.3 Å². The van der Waals surface area contributed by atoms with Crippen LogP contribution in [0.1, 0.15) is 0 Å². The molecule has 0 unspecified atom stereocenters. The second-order valence-electron chi connectivity index (χ2n) is 9.66. The first-order chi connectivity index (χ1) is 21.5. The highest BCUT2D eigenvalue weighted by molar-refractivity contribution is 6.08. The highest BCUT2D eigenvalue weighted by atomic mass is 19.1. The molecule has 44 heavy (non-hydrogen) atoms. The molecule has 12 nitrogen and oxygen atoms in total. The number of imide groups is 1. The Bertz CT molecular complexity index is 1670. The highest BCUT2D eigenvalue weighted by Gasteiger charge is 2.34. The van der Waals surface area contributed by atoms with Gasteiger partial charge in [0.1, 0.15) is 25.4 Å². The number of fused-ring (bicyclic) bond motifs is 2. The number of anilines is 2. The highest BCUT2D eigenvalue weighted by Crippen LogP contribution is 2.37. The fraction of sp³-hybridized carbons (Fsp3) is 0.267. The monoisotopic (exact) mass is 607 g/mol. The van der Waals surface area contributed by atoms with Crippen LogP contribution in [0.5, 0.6) is 23.1 Å². The SMILES string of the molecule is O=C(Nc1ccc(Oc2ncnc3cc4c(cc23)OCCOCCOCCO4)c(F)c1)N1CCN(c2ccc(F)cc2)C1=O. The van der Waals surface area contributed by atoms with Crippen molar-refractivity contribution in [1.82, 2.24) is 14.9 Å². The Kier molecular flexibility index (Phi) is 8.61. The Morgan fingerprint density at radius 3 is 2.27 bits per heavy atom. The summed E-state index contributed by atoms with van der Waals surface area (Å²) in [5, 5.41) is 2.98. The molecular weight excluding hydrogens is 580 g/mol. The number of hydrogen-bond donors (Lipinski definition) is 1. The standard InChI is InChI=1S/C30H27F2N5O7/c31-19-1-4-21(5-2-19)36-7-8-37(30(36)39)29(38)35-20-3-6-25(23(32)15-20)44-28-22-16-26-27(17-24(22)33-18-34-28)43-14-12-41-10-9-40-11-13-42-26/h1-6,15-18H,7-14H2,(H,35,38). The minimum atomic E-state index is -0.779. The maximum atomic E-state index is 15.2. The molecule has 1 N–H and O–H groups in total. The molecule has 1 aromatic heterocycles. The summed E-state index contributed by atoms with van der Waals surface area (Å²) in [4.78, 5) is 36.4. The summed E-state index contributed by atoms with van der Waals surface area (Å²) in [6, 6.07) is 11.2. The summed E-state index contributed by atoms with van der Waals surface area (Å²) < 4.78 is 56.9. The molecule has 6 rings (SSSR count). The Hall–Kier alpha value is -5.08. The van der Waals surface area contributed by atoms with Crippen molar-refractivity contribution in [2.24, 2.45) is 0 Å². The molecule has 2 aliphatic rings. The van der Waals surface area contributed by atoms with Crippen LogP contribution in [0.2, 0.25) is 0 Å². The number of halogens is 2. The number of nitrogens with one attached hydrogen (secondary N) is 1. The number of aromatic nitrogens is 2. The zero-order chi connectivity index (χ0) is 30.5. The number of carbonyl (C=O) groups is 2. The fourth-order valence-corrected chi connectivity index (χ4v) is 4.63. The van der Waals surface area contributed by atoms with Crippen LogP contribution in [0, 0.1) is 11.6 Å². The van der Waals surface area contributed by atoms with E-state index >= 15 is 4.39 Å². The van der Waals surface area contributed by atoms with E-state index in [0.29, 0.717) is 61.1 Å². The normalized spacial score (nSPS) is 15.9. The zero-order valence-corrected chi connectivity index (χ0v) is 23.3. The quantitative estimate of drug-likeness (QED) is 0.342. The van der Waals surface area contributed by atoms with Crippen LogP contribution in [-0.2, 0) is 9.47 Å². The first-order valence-corrected chi connectivity index (χ1v) is 13.8. The van der Waals surface area contributed by atoms with E-state index in [4.69, 9.17) is 23.7 Å². The molecule has 3 aromatic carbocycles. The molecule has 1 saturated heterocycles. The number of rotatable bonds is 4. The van der Waals surface area contributed by atoms with Crippen LogP contribution in [0.4, 0.5) is 29.7 Å². The van der Waals surface area contributed by atoms with Gasteiger partial charge in [0.15, 0.2) is 23.1 Å². The molecule has 0 radical (unpaired) electrons. The van der Waals surface area contributed by atoms with Gasteiger partial charge in [0.2, 0.25) is 5.88 Å². The van der Waals surface area contributed by atoms with Crippen molar-refractivity contribution in [3.63, 3.8) is 0 Å². The Morgan fingerprint density at radius 2 is 1.55 bits per heavy atom. The van der Waals surface area contributed by atoms with Crippen molar-refractivity contribution < 1.29 is 42.1 Å². The third kappa shape index (κ3) is 6.45. The van der Waals surface area contributed by atoms with Crippen molar-refractivity contribution in [3.8, 4) is 23.1 Å². The van der Waals surface area contributed by atoms with Gasteiger partial charge in [0, 0.05) is 30.1 Å². The molecule has 0 saturated carbocycles. The molecule has 14 heteroatoms. The summed E-state index contributed by atoms with van der Waals surface area (Å²) in [5.74, 6) is -0.430. The van der Waals surface area contributed by atoms with Gasteiger partial charge in [-0.1, -0.05) is 0 Å². The van der Waals surface area contributed by atoms with Crippen LogP contribution >= 0.6 is 0 Å². The van der Waals surface area contributed by atoms with Gasteiger partial charge in [0.05, 0.1) is 43.9 Å². The minimum Gasteiger partial charge on any atom is -0.487 e. The summed E-state index contributed by atoms with van der Waals surface area (Å²) >= 11 is 0. The van der Waals surface area contributed by atoms with Crippen LogP contribution in [0.3, 0.4) is 0 Å². The zero-order valence-electron chi connectivity index (χ0n) is 23.3. The first-order valence-electron chi connectivity index (χ1n) is 13.8. The molecule has 4 amide bonds. The van der Waals surface area contributed by atoms with E-state index in [1.54, 1.807) is 12.1 Å². The second kappa shape index (κ2) is 13.1. The van der Waals surface area contributed by atoms with Crippen LogP contribution in [-0.4, -0.2) is 79.7 Å². The lowest BCUT2D eigenvalue weighted by Gasteiger charge is -2.18. The molecule has 228 valence electrons. The fourth-order valence-electron chi connectivity index (χ4n) is 4.63. The molecule has 0 aliphatic carbocycles. The van der Waals surface area contributed by atoms with Gasteiger partial charge in [-0.05, 0) is 42.5 Å². The average molecular weight is 608 g/mol. The molecule has 2 aliphatic heterocycles. The van der Waals surface area contributed by atoms with E-state index in [0.717, 1.165) is 11.0 Å². The summed E-state index contributed by atoms with van der Waals surface area (Å²) in [6.07, 6.45) is 1.28. The second-order valence-corrected chi connectivity index (χ2v) is 9.66. The number of amides is 4. The molecule has 4 aromatic rings. The van der Waals surface area contributed by atoms with Gasteiger partial charge in [-0.25, -0.2) is 33.2 Å². The number of carbonyl (C=O) groups excluding carboxylic acids is 2. The predicted molar refractivity (Wildman–Crippen MR) is 154 cm³/mol. The summed E-state index contributed by atoms with van der Waals surface area (Å²) in [6.45, 7) is 2.52. The van der Waals surface area contributed by atoms with Crippen LogP contribution < -0.4 is 24.4 Å². The summed E-state index contributed by atoms with van der Waals surface area (Å²) in [5.41, 5.74) is 1.05. The van der Waals surface area contributed by atoms with Gasteiger partial charge in [-0.15, -0.1) is 0 Å². The van der Waals surface area contributed by atoms with E-state index in [2.05, 4.69) is 15.3 Å². The lowest BCUT2D eigenvalue weighted by molar-refractivity contribution is 0.0224. The number of nitrogens with zero attached hydrogens (tertiary/aromatic N) is 4. The van der Waals surface area contributed by atoms with Crippen molar-refractivity contribution in [1.29, 1.82) is 0 Å². The summed E-state index contributed by atoms with van der Waals surface area (Å²) in [7, 11) is 0. The lowest BCUT2D eigenvalue weighted by atomic mass is 10.2. The smallest absolute Gasteiger partial charge is 0.332 e. The largest absolute Gasteiger partial charge is 0.487 e. The van der Waals surface area contributed by atoms with E-state index in [-0.39, 0.29) is 37.0 Å². The molecular formula is C30H27F2N5O7. The number of ether oxygens (including phenoxy) is 5. The number of urea groups is 2. The molecule has 3 heterocycles. The van der Waals surface area contributed by atoms with Gasteiger partial charge >= 0.3 is 12.1 Å². The molecule has 0 atom stereocenters. The first kappa shape index (κ1) is 29.0. The van der Waals surface area contributed by atoms with E-state index in [9.17, 15) is 14.0 Å². The van der Waals surface area contributed by atoms with Gasteiger partial charge in [-0.3, -0.25) is 4.90 Å². The number of hydrogen-bond acceptors (Lipinski definition) is 9. The van der Waals surface area contributed by atoms with Crippen molar-refractivity contribution in [2.75, 3.05) is 62.9 Å². The third-order valence-corrected chi connectivity index (χ3v) is 6.79. The Balaban J connectivity index is 1.16. The Morgan fingerprint density at radius 1 is 0.841 bits per heavy atom. The van der Waals surface area contributed by atoms with Crippen LogP contribution in [0.25, 0.3) is 10.9 Å². The van der Waals surface area contributed by atoms with E-state index in [1.165, 1.54) is 47.6 Å². The maximum absolute atomic E-state index is 15.2. The average Bonchev–Trinajstić information content (AvgIpc) is 3.40. The van der Waals surface area contributed by atoms with Crippen LogP contribution in [0.15, 0.2) is 60.9 Å². The van der Waals surface area contributed by atoms with Gasteiger partial charge < -0.3 is 29.0 Å².